The number of amides is 1. The fourth-order valence-electron chi connectivity index (χ4n) is 1.90. The quantitative estimate of drug-likeness (QED) is 0.710. The van der Waals surface area contributed by atoms with Gasteiger partial charge in [-0.05, 0) is 48.5 Å². The second-order valence-corrected chi connectivity index (χ2v) is 5.45. The number of ether oxygens (including phenoxy) is 2. The minimum atomic E-state index is -0.137. The number of likely N-dealkylation sites (N-methyl/N-ethyl adjacent to an activating group) is 1. The van der Waals surface area contributed by atoms with Crippen LogP contribution in [0.5, 0.6) is 11.5 Å². The molecule has 0 spiro atoms. The lowest BCUT2D eigenvalue weighted by atomic mass is 10.2. The number of nitrogens with one attached hydrogen (secondary N) is 2. The maximum atomic E-state index is 12.2. The number of halogens is 2. The molecular formula is C15H24BrClN2O3. The normalized spacial score (nSPS) is 11.3. The molecule has 1 atom stereocenters. The van der Waals surface area contributed by atoms with Crippen molar-refractivity contribution in [2.75, 3.05) is 26.8 Å². The summed E-state index contributed by atoms with van der Waals surface area (Å²) in [6.45, 7) is 7.93. The van der Waals surface area contributed by atoms with Crippen molar-refractivity contribution in [3.63, 3.8) is 0 Å². The maximum absolute atomic E-state index is 12.2. The highest BCUT2D eigenvalue weighted by Crippen LogP contribution is 2.36. The van der Waals surface area contributed by atoms with E-state index in [4.69, 9.17) is 9.47 Å². The molecule has 7 heteroatoms. The summed E-state index contributed by atoms with van der Waals surface area (Å²) in [4.78, 5) is 12.2. The van der Waals surface area contributed by atoms with Crippen LogP contribution in [-0.2, 0) is 0 Å². The summed E-state index contributed by atoms with van der Waals surface area (Å²) in [5, 5.41) is 6.14. The monoisotopic (exact) mass is 394 g/mol. The van der Waals surface area contributed by atoms with E-state index in [1.54, 1.807) is 19.2 Å². The van der Waals surface area contributed by atoms with Gasteiger partial charge in [-0.1, -0.05) is 6.92 Å². The first-order valence-electron chi connectivity index (χ1n) is 7.05. The first kappa shape index (κ1) is 21.0. The maximum Gasteiger partial charge on any atom is 0.251 e. The molecule has 1 rings (SSSR count). The van der Waals surface area contributed by atoms with Crippen molar-refractivity contribution >= 4 is 34.2 Å². The van der Waals surface area contributed by atoms with E-state index in [0.29, 0.717) is 34.7 Å². The van der Waals surface area contributed by atoms with Crippen LogP contribution in [0.3, 0.4) is 0 Å². The molecule has 0 fully saturated rings. The van der Waals surface area contributed by atoms with Gasteiger partial charge in [0.1, 0.15) is 0 Å². The number of rotatable bonds is 8. The van der Waals surface area contributed by atoms with E-state index in [1.165, 1.54) is 0 Å². The number of carbonyl (C=O) groups is 1. The molecule has 0 bridgehead atoms. The van der Waals surface area contributed by atoms with Crippen LogP contribution in [0.15, 0.2) is 16.6 Å². The lowest BCUT2D eigenvalue weighted by Crippen LogP contribution is -2.38. The van der Waals surface area contributed by atoms with Crippen molar-refractivity contribution in [2.45, 2.75) is 26.8 Å². The largest absolute Gasteiger partial charge is 0.493 e. The topological polar surface area (TPSA) is 59.6 Å². The van der Waals surface area contributed by atoms with Crippen molar-refractivity contribution < 1.29 is 14.3 Å². The van der Waals surface area contributed by atoms with Crippen molar-refractivity contribution in [2.24, 2.45) is 0 Å². The molecule has 0 aromatic heterocycles. The Bertz CT molecular complexity index is 486. The van der Waals surface area contributed by atoms with Gasteiger partial charge in [-0.3, -0.25) is 4.79 Å². The van der Waals surface area contributed by atoms with Crippen LogP contribution in [0, 0.1) is 0 Å². The first-order chi connectivity index (χ1) is 10.0. The van der Waals surface area contributed by atoms with Gasteiger partial charge in [0.05, 0.1) is 18.2 Å². The van der Waals surface area contributed by atoms with Gasteiger partial charge in [-0.2, -0.15) is 0 Å². The second kappa shape index (κ2) is 10.7. The average Bonchev–Trinajstić information content (AvgIpc) is 2.47. The Morgan fingerprint density at radius 2 is 2.05 bits per heavy atom. The molecule has 126 valence electrons. The Morgan fingerprint density at radius 3 is 2.59 bits per heavy atom. The zero-order valence-electron chi connectivity index (χ0n) is 13.4. The number of hydrogen-bond donors (Lipinski definition) is 2. The van der Waals surface area contributed by atoms with Crippen molar-refractivity contribution in [3.05, 3.63) is 22.2 Å². The summed E-state index contributed by atoms with van der Waals surface area (Å²) < 4.78 is 11.5. The molecule has 0 heterocycles. The predicted octanol–water partition coefficient (Wildman–Crippen LogP) is 3.01. The lowest BCUT2D eigenvalue weighted by Gasteiger charge is -2.15. The molecule has 5 nitrogen and oxygen atoms in total. The zero-order chi connectivity index (χ0) is 15.8. The standard InChI is InChI=1S/C15H23BrN2O3.ClH/c1-5-17-10(3)9-18-15(19)11-7-12(16)14(21-6-2)13(8-11)20-4;/h7-8,10,17H,5-6,9H2,1-4H3,(H,18,19);1H/t10-;/m1./s1. The molecule has 1 amide bonds. The molecule has 1 aromatic carbocycles. The van der Waals surface area contributed by atoms with Crippen LogP contribution in [0.2, 0.25) is 0 Å². The molecule has 22 heavy (non-hydrogen) atoms. The van der Waals surface area contributed by atoms with Gasteiger partial charge in [-0.15, -0.1) is 12.4 Å². The molecule has 2 N–H and O–H groups in total. The van der Waals surface area contributed by atoms with Gasteiger partial charge in [0.15, 0.2) is 11.5 Å². The smallest absolute Gasteiger partial charge is 0.251 e. The van der Waals surface area contributed by atoms with E-state index in [0.717, 1.165) is 6.54 Å². The summed E-state index contributed by atoms with van der Waals surface area (Å²) in [6.07, 6.45) is 0. The van der Waals surface area contributed by atoms with Crippen LogP contribution < -0.4 is 20.1 Å². The minimum Gasteiger partial charge on any atom is -0.493 e. The minimum absolute atomic E-state index is 0. The molecule has 1 aromatic rings. The predicted molar refractivity (Wildman–Crippen MR) is 94.6 cm³/mol. The molecule has 0 aliphatic rings. The molecule has 0 aliphatic carbocycles. The highest BCUT2D eigenvalue weighted by Gasteiger charge is 2.15. The van der Waals surface area contributed by atoms with Crippen LogP contribution in [0.25, 0.3) is 0 Å². The van der Waals surface area contributed by atoms with Gasteiger partial charge in [0, 0.05) is 18.2 Å². The van der Waals surface area contributed by atoms with Crippen LogP contribution in [0.4, 0.5) is 0 Å². The Labute approximate surface area is 146 Å². The van der Waals surface area contributed by atoms with Gasteiger partial charge < -0.3 is 20.1 Å². The van der Waals surface area contributed by atoms with Crippen molar-refractivity contribution in [1.82, 2.24) is 10.6 Å². The Hall–Kier alpha value is -0.980. The lowest BCUT2D eigenvalue weighted by molar-refractivity contribution is 0.0949. The molecule has 0 aliphatic heterocycles. The highest BCUT2D eigenvalue weighted by atomic mass is 79.9. The Morgan fingerprint density at radius 1 is 1.36 bits per heavy atom. The third-order valence-corrected chi connectivity index (χ3v) is 3.49. The molecule has 0 saturated carbocycles. The summed E-state index contributed by atoms with van der Waals surface area (Å²) >= 11 is 3.42. The Kier molecular flexibility index (Phi) is 10.2. The summed E-state index contributed by atoms with van der Waals surface area (Å²) in [7, 11) is 1.55. The number of methoxy groups -OCH3 is 1. The van der Waals surface area contributed by atoms with E-state index in [1.807, 2.05) is 20.8 Å². The zero-order valence-corrected chi connectivity index (χ0v) is 15.8. The molecule has 0 unspecified atom stereocenters. The van der Waals surface area contributed by atoms with Gasteiger partial charge >= 0.3 is 0 Å². The van der Waals surface area contributed by atoms with Crippen molar-refractivity contribution in [3.8, 4) is 11.5 Å². The van der Waals surface area contributed by atoms with E-state index in [9.17, 15) is 4.79 Å². The van der Waals surface area contributed by atoms with E-state index >= 15 is 0 Å². The number of benzene rings is 1. The van der Waals surface area contributed by atoms with Crippen LogP contribution in [0.1, 0.15) is 31.1 Å². The number of carbonyl (C=O) groups excluding carboxylic acids is 1. The fraction of sp³-hybridized carbons (Fsp3) is 0.533. The molecule has 0 radical (unpaired) electrons. The average molecular weight is 396 g/mol. The van der Waals surface area contributed by atoms with Crippen molar-refractivity contribution in [1.29, 1.82) is 0 Å². The Balaban J connectivity index is 0.00000441. The summed E-state index contributed by atoms with van der Waals surface area (Å²) in [6, 6.07) is 3.65. The van der Waals surface area contributed by atoms with Gasteiger partial charge in [-0.25, -0.2) is 0 Å². The number of hydrogen-bond acceptors (Lipinski definition) is 4. The SMILES string of the molecule is CCN[C@H](C)CNC(=O)c1cc(Br)c(OCC)c(OC)c1.Cl. The summed E-state index contributed by atoms with van der Waals surface area (Å²) in [5.74, 6) is 1.01. The van der Waals surface area contributed by atoms with E-state index in [2.05, 4.69) is 26.6 Å². The van der Waals surface area contributed by atoms with Gasteiger partial charge in [0.2, 0.25) is 0 Å². The van der Waals surface area contributed by atoms with E-state index in [-0.39, 0.29) is 24.4 Å². The van der Waals surface area contributed by atoms with Crippen LogP contribution >= 0.6 is 28.3 Å². The molecular weight excluding hydrogens is 372 g/mol. The highest BCUT2D eigenvalue weighted by molar-refractivity contribution is 9.10. The summed E-state index contributed by atoms with van der Waals surface area (Å²) in [5.41, 5.74) is 0.533. The van der Waals surface area contributed by atoms with E-state index < -0.39 is 0 Å². The van der Waals surface area contributed by atoms with Gasteiger partial charge in [0.25, 0.3) is 5.91 Å². The first-order valence-corrected chi connectivity index (χ1v) is 7.84. The fourth-order valence-corrected chi connectivity index (χ4v) is 2.46. The van der Waals surface area contributed by atoms with Crippen LogP contribution in [-0.4, -0.2) is 38.8 Å². The third-order valence-electron chi connectivity index (χ3n) is 2.90. The third kappa shape index (κ3) is 6.02. The second-order valence-electron chi connectivity index (χ2n) is 4.59. The molecule has 0 saturated heterocycles.